The van der Waals surface area contributed by atoms with Gasteiger partial charge in [0.1, 0.15) is 12.6 Å². The lowest BCUT2D eigenvalue weighted by Gasteiger charge is -2.34. The van der Waals surface area contributed by atoms with E-state index >= 15 is 0 Å². The number of anilines is 1. The van der Waals surface area contributed by atoms with Gasteiger partial charge >= 0.3 is 0 Å². The molecule has 3 amide bonds. The van der Waals surface area contributed by atoms with Gasteiger partial charge in [0, 0.05) is 38.6 Å². The second kappa shape index (κ2) is 10.1. The van der Waals surface area contributed by atoms with Crippen LogP contribution in [0, 0.1) is 0 Å². The molecule has 0 radical (unpaired) electrons. The second-order valence-corrected chi connectivity index (χ2v) is 10.8. The number of hydrogen-bond donors (Lipinski definition) is 1. The van der Waals surface area contributed by atoms with Gasteiger partial charge in [-0.15, -0.1) is 0 Å². The van der Waals surface area contributed by atoms with Crippen LogP contribution in [0.4, 0.5) is 5.69 Å². The molecular weight excluding hydrogens is 497 g/mol. The van der Waals surface area contributed by atoms with Crippen molar-refractivity contribution in [2.75, 3.05) is 11.4 Å². The molecule has 4 rings (SSSR count). The van der Waals surface area contributed by atoms with Gasteiger partial charge in [0.15, 0.2) is 0 Å². The highest BCUT2D eigenvalue weighted by atomic mass is 35.5. The van der Waals surface area contributed by atoms with Gasteiger partial charge in [0.05, 0.1) is 5.69 Å². The predicted molar refractivity (Wildman–Crippen MR) is 145 cm³/mol. The molecule has 0 bridgehead atoms. The highest BCUT2D eigenvalue weighted by molar-refractivity contribution is 6.36. The fourth-order valence-electron chi connectivity index (χ4n) is 4.59. The number of benzene rings is 3. The maximum atomic E-state index is 13.9. The first kappa shape index (κ1) is 26.0. The number of carbonyl (C=O) groups excluding carboxylic acids is 3. The van der Waals surface area contributed by atoms with Crippen LogP contribution in [0.1, 0.15) is 50.0 Å². The number of rotatable bonds is 7. The highest BCUT2D eigenvalue weighted by Crippen LogP contribution is 2.37. The summed E-state index contributed by atoms with van der Waals surface area (Å²) in [6.45, 7) is 7.32. The predicted octanol–water partition coefficient (Wildman–Crippen LogP) is 5.83. The summed E-state index contributed by atoms with van der Waals surface area (Å²) in [6, 6.07) is 15.5. The molecule has 0 fully saturated rings. The van der Waals surface area contributed by atoms with E-state index in [4.69, 9.17) is 23.2 Å². The molecule has 0 saturated carbocycles. The van der Waals surface area contributed by atoms with Crippen molar-refractivity contribution in [3.8, 4) is 0 Å². The summed E-state index contributed by atoms with van der Waals surface area (Å²) in [5.74, 6) is -0.891. The van der Waals surface area contributed by atoms with Gasteiger partial charge in [0.25, 0.3) is 5.91 Å². The Bertz CT molecular complexity index is 1320. The Morgan fingerprint density at radius 2 is 1.61 bits per heavy atom. The van der Waals surface area contributed by atoms with E-state index in [1.54, 1.807) is 24.3 Å². The molecule has 0 spiro atoms. The van der Waals surface area contributed by atoms with E-state index in [9.17, 15) is 14.4 Å². The van der Waals surface area contributed by atoms with E-state index in [0.717, 1.165) is 10.8 Å². The third kappa shape index (κ3) is 5.06. The zero-order valence-corrected chi connectivity index (χ0v) is 22.3. The zero-order chi connectivity index (χ0) is 26.2. The number of amides is 3. The molecule has 6 nitrogen and oxygen atoms in total. The largest absolute Gasteiger partial charge is 0.350 e. The second-order valence-electron chi connectivity index (χ2n) is 9.96. The Hall–Kier alpha value is -3.09. The zero-order valence-electron chi connectivity index (χ0n) is 20.8. The van der Waals surface area contributed by atoms with E-state index in [-0.39, 0.29) is 30.8 Å². The van der Waals surface area contributed by atoms with Gasteiger partial charge in [0.2, 0.25) is 11.8 Å². The third-order valence-electron chi connectivity index (χ3n) is 6.22. The summed E-state index contributed by atoms with van der Waals surface area (Å²) in [4.78, 5) is 43.4. The van der Waals surface area contributed by atoms with Crippen molar-refractivity contribution in [3.05, 3.63) is 75.8 Å². The fraction of sp³-hybridized carbons (Fsp3) is 0.321. The fourth-order valence-corrected chi connectivity index (χ4v) is 5.11. The Balaban J connectivity index is 1.70. The van der Waals surface area contributed by atoms with Gasteiger partial charge in [-0.1, -0.05) is 60.5 Å². The molecule has 1 aliphatic heterocycles. The lowest BCUT2D eigenvalue weighted by atomic mass is 10.1. The van der Waals surface area contributed by atoms with Gasteiger partial charge in [-0.25, -0.2) is 0 Å². The van der Waals surface area contributed by atoms with Crippen molar-refractivity contribution in [1.29, 1.82) is 0 Å². The van der Waals surface area contributed by atoms with Crippen molar-refractivity contribution in [2.24, 2.45) is 0 Å². The number of carbonyl (C=O) groups is 3. The van der Waals surface area contributed by atoms with Crippen molar-refractivity contribution in [3.63, 3.8) is 0 Å². The van der Waals surface area contributed by atoms with Crippen LogP contribution < -0.4 is 10.2 Å². The highest BCUT2D eigenvalue weighted by Gasteiger charge is 2.36. The van der Waals surface area contributed by atoms with Gasteiger partial charge in [-0.05, 0) is 56.8 Å². The van der Waals surface area contributed by atoms with Gasteiger partial charge in [-0.2, -0.15) is 0 Å². The molecule has 0 unspecified atom stereocenters. The van der Waals surface area contributed by atoms with E-state index < -0.39 is 11.6 Å². The number of hydrogen-bond acceptors (Lipinski definition) is 3. The van der Waals surface area contributed by atoms with Crippen LogP contribution in [0.3, 0.4) is 0 Å². The van der Waals surface area contributed by atoms with Crippen LogP contribution in [0.5, 0.6) is 0 Å². The molecule has 8 heteroatoms. The molecule has 188 valence electrons. The van der Waals surface area contributed by atoms with Crippen LogP contribution in [0.25, 0.3) is 10.8 Å². The molecule has 1 atom stereocenters. The normalized spacial score (nSPS) is 13.7. The lowest BCUT2D eigenvalue weighted by molar-refractivity contribution is -0.141. The summed E-state index contributed by atoms with van der Waals surface area (Å²) in [6.07, 6.45) is 0.374. The molecule has 0 saturated heterocycles. The summed E-state index contributed by atoms with van der Waals surface area (Å²) in [5, 5.41) is 5.54. The maximum absolute atomic E-state index is 13.9. The Labute approximate surface area is 221 Å². The number of nitrogens with zero attached hydrogens (tertiary/aromatic N) is 2. The summed E-state index contributed by atoms with van der Waals surface area (Å²) >= 11 is 12.9. The average molecular weight is 526 g/mol. The monoisotopic (exact) mass is 525 g/mol. The first-order valence-corrected chi connectivity index (χ1v) is 12.7. The van der Waals surface area contributed by atoms with Crippen LogP contribution in [0.15, 0.2) is 54.6 Å². The van der Waals surface area contributed by atoms with Crippen molar-refractivity contribution < 1.29 is 14.4 Å². The molecule has 3 aromatic carbocycles. The molecule has 1 heterocycles. The van der Waals surface area contributed by atoms with Crippen molar-refractivity contribution >= 4 is 57.4 Å². The molecule has 3 aromatic rings. The van der Waals surface area contributed by atoms with E-state index in [2.05, 4.69) is 5.32 Å². The SMILES string of the molecule is CC[C@H](C(=O)NC(C)(C)C)N(Cc1c(Cl)cccc1Cl)C(=O)CN1C(=O)c2cccc3cccc1c23. The average Bonchev–Trinajstić information content (AvgIpc) is 3.07. The van der Waals surface area contributed by atoms with Crippen LogP contribution >= 0.6 is 23.2 Å². The molecule has 0 aromatic heterocycles. The van der Waals surface area contributed by atoms with Crippen LogP contribution in [-0.2, 0) is 16.1 Å². The topological polar surface area (TPSA) is 69.7 Å². The minimum Gasteiger partial charge on any atom is -0.350 e. The molecule has 36 heavy (non-hydrogen) atoms. The lowest BCUT2D eigenvalue weighted by Crippen LogP contribution is -2.55. The number of nitrogens with one attached hydrogen (secondary N) is 1. The summed E-state index contributed by atoms with van der Waals surface area (Å²) in [7, 11) is 0. The summed E-state index contributed by atoms with van der Waals surface area (Å²) < 4.78 is 0. The minimum atomic E-state index is -0.778. The molecule has 0 aliphatic carbocycles. The Morgan fingerprint density at radius 1 is 1.00 bits per heavy atom. The van der Waals surface area contributed by atoms with E-state index in [1.807, 2.05) is 58.0 Å². The molecular formula is C28H29Cl2N3O3. The smallest absolute Gasteiger partial charge is 0.259 e. The minimum absolute atomic E-state index is 0.0343. The number of halogens is 2. The maximum Gasteiger partial charge on any atom is 0.259 e. The standard InChI is InChI=1S/C28H29Cl2N3O3/c1-5-22(26(35)31-28(2,3)4)32(15-19-20(29)12-8-13-21(19)30)24(34)16-33-23-14-7-10-17-9-6-11-18(25(17)23)27(33)36/h6-14,22H,5,15-16H2,1-4H3,(H,31,35)/t22-/m1/s1. The summed E-state index contributed by atoms with van der Waals surface area (Å²) in [5.41, 5.74) is 1.32. The van der Waals surface area contributed by atoms with E-state index in [0.29, 0.717) is 33.3 Å². The van der Waals surface area contributed by atoms with Gasteiger partial charge in [-0.3, -0.25) is 19.3 Å². The quantitative estimate of drug-likeness (QED) is 0.421. The first-order chi connectivity index (χ1) is 17.0. The van der Waals surface area contributed by atoms with Gasteiger partial charge < -0.3 is 10.2 Å². The third-order valence-corrected chi connectivity index (χ3v) is 6.92. The van der Waals surface area contributed by atoms with Crippen molar-refractivity contribution in [1.82, 2.24) is 10.2 Å². The molecule has 1 aliphatic rings. The first-order valence-electron chi connectivity index (χ1n) is 11.9. The Kier molecular flexibility index (Phi) is 7.30. The molecule has 1 N–H and O–H groups in total. The van der Waals surface area contributed by atoms with E-state index in [1.165, 1.54) is 9.80 Å². The van der Waals surface area contributed by atoms with Crippen LogP contribution in [0.2, 0.25) is 10.0 Å². The van der Waals surface area contributed by atoms with Crippen molar-refractivity contribution in [2.45, 2.75) is 52.2 Å². The van der Waals surface area contributed by atoms with Crippen LogP contribution in [-0.4, -0.2) is 40.7 Å². The Morgan fingerprint density at radius 3 is 2.22 bits per heavy atom.